The number of benzene rings is 4. The van der Waals surface area contributed by atoms with Crippen LogP contribution in [0.4, 0.5) is 48.7 Å². The number of nitrogens with zero attached hydrogens (tertiary/aromatic N) is 6. The van der Waals surface area contributed by atoms with Gasteiger partial charge in [-0.2, -0.15) is 44.0 Å². The second-order valence-corrected chi connectivity index (χ2v) is 19.3. The van der Waals surface area contributed by atoms with Crippen molar-refractivity contribution in [2.24, 2.45) is 20.5 Å². The minimum atomic E-state index is -5.29. The average molecular weight is 1020 g/mol. The van der Waals surface area contributed by atoms with Gasteiger partial charge in [-0.25, -0.2) is 18.9 Å². The number of sulfone groups is 1. The van der Waals surface area contributed by atoms with Gasteiger partial charge in [0.1, 0.15) is 44.2 Å². The van der Waals surface area contributed by atoms with Crippen molar-refractivity contribution in [3.05, 3.63) is 72.7 Å². The Morgan fingerprint density at radius 1 is 0.719 bits per heavy atom. The van der Waals surface area contributed by atoms with E-state index in [-0.39, 0.29) is 51.4 Å². The summed E-state index contributed by atoms with van der Waals surface area (Å²) < 4.78 is 168. The Kier molecular flexibility index (Phi) is 16.1. The molecular formula is C29H24F2N8O19S6. The molecule has 0 aliphatic rings. The highest BCUT2D eigenvalue weighted by molar-refractivity contribution is 7.94. The van der Waals surface area contributed by atoms with Crippen LogP contribution in [0.25, 0.3) is 10.8 Å². The summed E-state index contributed by atoms with van der Waals surface area (Å²) >= 11 is 0.176. The third-order valence-electron chi connectivity index (χ3n) is 7.61. The molecule has 0 bridgehead atoms. The van der Waals surface area contributed by atoms with E-state index in [0.717, 1.165) is 48.5 Å². The van der Waals surface area contributed by atoms with E-state index in [1.165, 1.54) is 0 Å². The molecule has 4 aromatic carbocycles. The van der Waals surface area contributed by atoms with Gasteiger partial charge in [0.05, 0.1) is 39.9 Å². The fraction of sp³-hybridized carbons (Fsp3) is 0.103. The molecule has 0 saturated heterocycles. The summed E-state index contributed by atoms with van der Waals surface area (Å²) in [5.41, 5.74) is -2.85. The first-order chi connectivity index (χ1) is 30.0. The van der Waals surface area contributed by atoms with Gasteiger partial charge in [0.15, 0.2) is 27.9 Å². The minimum Gasteiger partial charge on any atom is -0.505 e. The first kappa shape index (κ1) is 49.8. The number of anilines is 3. The average Bonchev–Trinajstić information content (AvgIpc) is 3.19. The summed E-state index contributed by atoms with van der Waals surface area (Å²) in [6.45, 7) is -0.571. The van der Waals surface area contributed by atoms with Gasteiger partial charge in [-0.15, -0.1) is 29.1 Å². The number of fused-ring (bicyclic) bond motifs is 1. The lowest BCUT2D eigenvalue weighted by Crippen LogP contribution is -2.13. The summed E-state index contributed by atoms with van der Waals surface area (Å²) in [4.78, 5) is 3.18. The van der Waals surface area contributed by atoms with Crippen LogP contribution < -0.4 is 10.6 Å². The number of halogens is 2. The molecule has 0 fully saturated rings. The van der Waals surface area contributed by atoms with Crippen molar-refractivity contribution >= 4 is 115 Å². The Labute approximate surface area is 365 Å². The van der Waals surface area contributed by atoms with Gasteiger partial charge in [-0.3, -0.25) is 17.8 Å². The number of rotatable bonds is 21. The number of nitrogens with one attached hydrogen (secondary N) is 2. The minimum absolute atomic E-state index is 0.0650. The number of phenolic OH excluding ortho intramolecular Hbond substituents is 1. The molecule has 0 spiro atoms. The summed E-state index contributed by atoms with van der Waals surface area (Å²) in [5.74, 6) is -4.51. The molecule has 8 N–H and O–H groups in total. The highest BCUT2D eigenvalue weighted by atomic mass is 32.2. The molecule has 64 heavy (non-hydrogen) atoms. The van der Waals surface area contributed by atoms with Crippen LogP contribution in [0.3, 0.4) is 0 Å². The van der Waals surface area contributed by atoms with Crippen molar-refractivity contribution in [1.82, 2.24) is 9.97 Å². The molecule has 1 heterocycles. The van der Waals surface area contributed by atoms with Gasteiger partial charge in [-0.05, 0) is 54.6 Å². The number of aromatic hydroxyl groups is 1. The fourth-order valence-electron chi connectivity index (χ4n) is 5.04. The van der Waals surface area contributed by atoms with Crippen LogP contribution in [-0.2, 0) is 63.1 Å². The van der Waals surface area contributed by atoms with E-state index in [9.17, 15) is 61.2 Å². The van der Waals surface area contributed by atoms with E-state index in [4.69, 9.17) is 14.7 Å². The Morgan fingerprint density at radius 2 is 1.41 bits per heavy atom. The SMILES string of the molecule is O=S(=O)(O)CNc1ccc2c(O)c(N=Nc3cc(Nc4cc(F)nc(F)n4)ccc3S(=O)(=O)O)c(SOOO)cc2c1N=Nc1ccc(S(=O)(=O)CCOSOOO)cc1S(=O)(=O)O. The Bertz CT molecular complexity index is 3080. The topological polar surface area (TPSA) is 403 Å². The van der Waals surface area contributed by atoms with E-state index in [1.807, 2.05) is 0 Å². The number of hydrogen-bond donors (Lipinski definition) is 8. The zero-order valence-corrected chi connectivity index (χ0v) is 35.7. The first-order valence-corrected chi connectivity index (χ1v) is 23.7. The number of azo groups is 2. The lowest BCUT2D eigenvalue weighted by molar-refractivity contribution is -0.434. The largest absolute Gasteiger partial charge is 0.505 e. The van der Waals surface area contributed by atoms with Crippen molar-refractivity contribution in [3.63, 3.8) is 0 Å². The summed E-state index contributed by atoms with van der Waals surface area (Å²) in [7, 11) is -19.4. The van der Waals surface area contributed by atoms with E-state index in [1.54, 1.807) is 0 Å². The number of aromatic nitrogens is 2. The Balaban J connectivity index is 1.66. The van der Waals surface area contributed by atoms with Crippen LogP contribution in [0.1, 0.15) is 0 Å². The Morgan fingerprint density at radius 3 is 2.06 bits per heavy atom. The smallest absolute Gasteiger partial charge is 0.313 e. The fourth-order valence-corrected chi connectivity index (χ4v) is 8.63. The molecule has 0 aliphatic heterocycles. The zero-order chi connectivity index (χ0) is 47.0. The highest BCUT2D eigenvalue weighted by Crippen LogP contribution is 2.48. The molecule has 0 unspecified atom stereocenters. The van der Waals surface area contributed by atoms with Gasteiger partial charge in [0.2, 0.25) is 5.95 Å². The lowest BCUT2D eigenvalue weighted by Gasteiger charge is -2.14. The monoisotopic (exact) mass is 1020 g/mol. The summed E-state index contributed by atoms with van der Waals surface area (Å²) in [6, 6.07) is 8.94. The molecule has 35 heteroatoms. The number of phenols is 1. The zero-order valence-electron chi connectivity index (χ0n) is 30.8. The summed E-state index contributed by atoms with van der Waals surface area (Å²) in [6.07, 6.45) is -1.46. The van der Waals surface area contributed by atoms with Crippen molar-refractivity contribution in [2.45, 2.75) is 19.6 Å². The second-order valence-electron chi connectivity index (χ2n) is 11.7. The maximum atomic E-state index is 13.7. The van der Waals surface area contributed by atoms with Crippen LogP contribution in [0, 0.1) is 12.0 Å². The van der Waals surface area contributed by atoms with Crippen LogP contribution in [0.2, 0.25) is 0 Å². The first-order valence-electron chi connectivity index (χ1n) is 16.2. The van der Waals surface area contributed by atoms with E-state index >= 15 is 0 Å². The van der Waals surface area contributed by atoms with Gasteiger partial charge < -0.3 is 15.7 Å². The van der Waals surface area contributed by atoms with Gasteiger partial charge >= 0.3 is 6.08 Å². The van der Waals surface area contributed by atoms with Crippen molar-refractivity contribution < 1.29 is 94.7 Å². The molecule has 1 aromatic heterocycles. The molecule has 0 radical (unpaired) electrons. The molecule has 5 rings (SSSR count). The van der Waals surface area contributed by atoms with E-state index < -0.39 is 119 Å². The van der Waals surface area contributed by atoms with Crippen LogP contribution >= 0.6 is 24.4 Å². The molecule has 0 atom stereocenters. The quantitative estimate of drug-likeness (QED) is 0.00597. The normalized spacial score (nSPS) is 12.7. The predicted octanol–water partition coefficient (Wildman–Crippen LogP) is 6.14. The van der Waals surface area contributed by atoms with Gasteiger partial charge in [-0.1, -0.05) is 10.1 Å². The molecule has 0 amide bonds. The number of hydrogen-bond acceptors (Lipinski definition) is 26. The molecule has 5 aromatic rings. The van der Waals surface area contributed by atoms with E-state index in [2.05, 4.69) is 59.8 Å². The summed E-state index contributed by atoms with van der Waals surface area (Å²) in [5, 5.41) is 55.3. The standard InChI is InChI=1S/C29H24F2N8O19S6/c30-24-12-25(35-29(31)34-24)33-14-1-6-22(63(48,49)50)20(9-14)37-39-27-21(59-57-55-41)11-17-16(28(27)40)3-5-19(32-13-62(45,46)47)26(17)38-36-18-4-2-15(10-23(18)64(51,52)53)61(43,44)8-7-54-60-58-56-42/h1-6,9-12,32,40-42H,7-8,13H2,(H,33,34,35)(H,45,46,47)(H,48,49,50)(H,51,52,53). The third-order valence-corrected chi connectivity index (χ3v) is 12.6. The van der Waals surface area contributed by atoms with Crippen LogP contribution in [-0.4, -0.2) is 91.2 Å². The molecular weight excluding hydrogens is 995 g/mol. The predicted molar refractivity (Wildman–Crippen MR) is 213 cm³/mol. The van der Waals surface area contributed by atoms with Crippen LogP contribution in [0.5, 0.6) is 5.75 Å². The Hall–Kier alpha value is -5.22. The maximum absolute atomic E-state index is 13.7. The highest BCUT2D eigenvalue weighted by Gasteiger charge is 2.25. The molecule has 0 saturated carbocycles. The van der Waals surface area contributed by atoms with Crippen molar-refractivity contribution in [3.8, 4) is 5.75 Å². The van der Waals surface area contributed by atoms with Gasteiger partial charge in [0, 0.05) is 22.5 Å². The van der Waals surface area contributed by atoms with Gasteiger partial charge in [0.25, 0.3) is 30.4 Å². The molecule has 344 valence electrons. The lowest BCUT2D eigenvalue weighted by atomic mass is 10.1. The van der Waals surface area contributed by atoms with Crippen molar-refractivity contribution in [2.75, 3.05) is 28.9 Å². The molecule has 27 nitrogen and oxygen atoms in total. The molecule has 0 aliphatic carbocycles. The third kappa shape index (κ3) is 13.2. The van der Waals surface area contributed by atoms with Crippen LogP contribution in [0.15, 0.2) is 101 Å². The second kappa shape index (κ2) is 20.7. The van der Waals surface area contributed by atoms with Crippen molar-refractivity contribution in [1.29, 1.82) is 0 Å². The maximum Gasteiger partial charge on any atom is 0.313 e. The van der Waals surface area contributed by atoms with E-state index in [0.29, 0.717) is 12.1 Å².